The maximum Gasteiger partial charge on any atom is 0.291 e. The van der Waals surface area contributed by atoms with Gasteiger partial charge in [-0.05, 0) is 37.0 Å². The van der Waals surface area contributed by atoms with Crippen LogP contribution in [0.5, 0.6) is 0 Å². The van der Waals surface area contributed by atoms with Gasteiger partial charge in [0.05, 0.1) is 25.4 Å². The predicted molar refractivity (Wildman–Crippen MR) is 142 cm³/mol. The van der Waals surface area contributed by atoms with Crippen molar-refractivity contribution in [2.75, 3.05) is 93.0 Å². The molecule has 11 nitrogen and oxygen atoms in total. The van der Waals surface area contributed by atoms with Crippen molar-refractivity contribution in [2.45, 2.75) is 19.8 Å². The van der Waals surface area contributed by atoms with E-state index >= 15 is 0 Å². The maximum absolute atomic E-state index is 12.8. The Labute approximate surface area is 217 Å². The van der Waals surface area contributed by atoms with E-state index in [9.17, 15) is 9.59 Å². The van der Waals surface area contributed by atoms with Gasteiger partial charge in [0.2, 0.25) is 5.91 Å². The maximum atomic E-state index is 12.8. The summed E-state index contributed by atoms with van der Waals surface area (Å²) < 4.78 is 10.7. The number of morpholine rings is 1. The van der Waals surface area contributed by atoms with Crippen molar-refractivity contribution < 1.29 is 18.7 Å². The minimum atomic E-state index is -0.356. The van der Waals surface area contributed by atoms with Gasteiger partial charge in [-0.25, -0.2) is 4.98 Å². The predicted octanol–water partition coefficient (Wildman–Crippen LogP) is 1.73. The van der Waals surface area contributed by atoms with E-state index in [1.807, 2.05) is 17.0 Å². The number of furan rings is 1. The van der Waals surface area contributed by atoms with Crippen molar-refractivity contribution in [1.29, 1.82) is 0 Å². The molecule has 37 heavy (non-hydrogen) atoms. The molecular formula is C26H37N7O4. The first-order valence-electron chi connectivity index (χ1n) is 13.2. The molecule has 0 unspecified atom stereocenters. The summed E-state index contributed by atoms with van der Waals surface area (Å²) in [6.45, 7) is 10.3. The Hall–Kier alpha value is -3.31. The van der Waals surface area contributed by atoms with Crippen LogP contribution in [0.1, 0.15) is 30.3 Å². The minimum Gasteiger partial charge on any atom is -0.436 e. The van der Waals surface area contributed by atoms with Crippen molar-refractivity contribution in [1.82, 2.24) is 14.8 Å². The number of piperidine rings is 1. The molecule has 2 aromatic heterocycles. The first-order valence-corrected chi connectivity index (χ1v) is 13.2. The lowest BCUT2D eigenvalue weighted by Crippen LogP contribution is -2.52. The van der Waals surface area contributed by atoms with Gasteiger partial charge in [-0.1, -0.05) is 6.92 Å². The van der Waals surface area contributed by atoms with Crippen molar-refractivity contribution in [2.24, 2.45) is 5.92 Å². The average molecular weight is 512 g/mol. The van der Waals surface area contributed by atoms with E-state index < -0.39 is 0 Å². The molecule has 0 aliphatic carbocycles. The molecule has 200 valence electrons. The number of piperazine rings is 1. The number of nitrogens with zero attached hydrogens (tertiary/aromatic N) is 5. The highest BCUT2D eigenvalue weighted by Gasteiger charge is 2.26. The number of hydrogen-bond acceptors (Lipinski definition) is 9. The highest BCUT2D eigenvalue weighted by atomic mass is 16.5. The van der Waals surface area contributed by atoms with Crippen molar-refractivity contribution in [3.8, 4) is 0 Å². The Morgan fingerprint density at radius 2 is 1.70 bits per heavy atom. The van der Waals surface area contributed by atoms with E-state index in [0.29, 0.717) is 44.5 Å². The third kappa shape index (κ3) is 6.16. The Balaban J connectivity index is 1.27. The average Bonchev–Trinajstić information content (AvgIpc) is 3.36. The summed E-state index contributed by atoms with van der Waals surface area (Å²) in [5.74, 6) is 2.48. The summed E-state index contributed by atoms with van der Waals surface area (Å²) in [5, 5.41) is 2.96. The van der Waals surface area contributed by atoms with Gasteiger partial charge >= 0.3 is 0 Å². The van der Waals surface area contributed by atoms with E-state index in [4.69, 9.17) is 19.9 Å². The van der Waals surface area contributed by atoms with Gasteiger partial charge in [0.25, 0.3) is 5.91 Å². The second-order valence-electron chi connectivity index (χ2n) is 10.1. The summed E-state index contributed by atoms with van der Waals surface area (Å²) >= 11 is 0. The van der Waals surface area contributed by atoms with Gasteiger partial charge in [0.1, 0.15) is 5.82 Å². The summed E-state index contributed by atoms with van der Waals surface area (Å²) in [7, 11) is 0. The second kappa shape index (κ2) is 11.4. The Morgan fingerprint density at radius 1 is 0.973 bits per heavy atom. The van der Waals surface area contributed by atoms with Crippen LogP contribution in [0.4, 0.5) is 23.2 Å². The van der Waals surface area contributed by atoms with Crippen LogP contribution in [-0.2, 0) is 9.53 Å². The molecule has 3 aliphatic heterocycles. The first kappa shape index (κ1) is 25.3. The topological polar surface area (TPSA) is 120 Å². The molecule has 2 amide bonds. The van der Waals surface area contributed by atoms with Crippen molar-refractivity contribution >= 4 is 35.0 Å². The number of amides is 2. The SMILES string of the molecule is CC1CCN(c2nc(N3CCN(C(=O)CN4CCOCC4)CC3)ccc2NC(=O)c2ccc(N)o2)CC1. The third-order valence-corrected chi connectivity index (χ3v) is 7.46. The molecule has 0 spiro atoms. The fourth-order valence-electron chi connectivity index (χ4n) is 5.07. The van der Waals surface area contributed by atoms with Gasteiger partial charge in [-0.2, -0.15) is 0 Å². The number of anilines is 4. The van der Waals surface area contributed by atoms with Crippen LogP contribution >= 0.6 is 0 Å². The molecule has 2 aromatic rings. The number of nitrogen functional groups attached to an aromatic ring is 1. The summed E-state index contributed by atoms with van der Waals surface area (Å²) in [5.41, 5.74) is 6.29. The molecular weight excluding hydrogens is 474 g/mol. The molecule has 11 heteroatoms. The van der Waals surface area contributed by atoms with E-state index in [-0.39, 0.29) is 23.5 Å². The van der Waals surface area contributed by atoms with Crippen LogP contribution in [0, 0.1) is 5.92 Å². The minimum absolute atomic E-state index is 0.165. The number of nitrogens with two attached hydrogens (primary N) is 1. The molecule has 0 atom stereocenters. The van der Waals surface area contributed by atoms with Crippen LogP contribution in [0.2, 0.25) is 0 Å². The van der Waals surface area contributed by atoms with E-state index in [1.165, 1.54) is 0 Å². The number of aromatic nitrogens is 1. The first-order chi connectivity index (χ1) is 18.0. The number of rotatable bonds is 6. The van der Waals surface area contributed by atoms with Crippen LogP contribution < -0.4 is 20.9 Å². The van der Waals surface area contributed by atoms with E-state index in [2.05, 4.69) is 26.9 Å². The fourth-order valence-corrected chi connectivity index (χ4v) is 5.07. The highest BCUT2D eigenvalue weighted by Crippen LogP contribution is 2.31. The zero-order valence-corrected chi connectivity index (χ0v) is 21.5. The van der Waals surface area contributed by atoms with Crippen LogP contribution in [0.15, 0.2) is 28.7 Å². The van der Waals surface area contributed by atoms with Crippen LogP contribution in [-0.4, -0.2) is 98.7 Å². The summed E-state index contributed by atoms with van der Waals surface area (Å²) in [6, 6.07) is 6.98. The Morgan fingerprint density at radius 3 is 2.38 bits per heavy atom. The number of carbonyl (C=O) groups excluding carboxylic acids is 2. The number of hydrogen-bond donors (Lipinski definition) is 2. The number of ether oxygens (including phenoxy) is 1. The standard InChI is InChI=1S/C26H37N7O4/c1-19-6-8-33(9-7-19)25-20(28-26(35)21-3-4-22(27)37-21)2-5-23(29-25)31-10-12-32(13-11-31)24(34)18-30-14-16-36-17-15-30/h2-5,19H,6-18,27H2,1H3,(H,28,35). The largest absolute Gasteiger partial charge is 0.436 e. The van der Waals surface area contributed by atoms with Crippen molar-refractivity contribution in [3.63, 3.8) is 0 Å². The van der Waals surface area contributed by atoms with Gasteiger partial charge in [-0.3, -0.25) is 14.5 Å². The molecule has 0 radical (unpaired) electrons. The lowest BCUT2D eigenvalue weighted by atomic mass is 9.99. The van der Waals surface area contributed by atoms with Gasteiger partial charge < -0.3 is 34.9 Å². The Kier molecular flexibility index (Phi) is 7.80. The fraction of sp³-hybridized carbons (Fsp3) is 0.577. The molecule has 3 fully saturated rings. The third-order valence-electron chi connectivity index (χ3n) is 7.46. The Bertz CT molecular complexity index is 1080. The van der Waals surface area contributed by atoms with Crippen molar-refractivity contribution in [3.05, 3.63) is 30.0 Å². The molecule has 3 saturated heterocycles. The number of carbonyl (C=O) groups is 2. The highest BCUT2D eigenvalue weighted by molar-refractivity contribution is 6.04. The summed E-state index contributed by atoms with van der Waals surface area (Å²) in [4.78, 5) is 39.2. The van der Waals surface area contributed by atoms with Gasteiger partial charge in [0.15, 0.2) is 17.5 Å². The smallest absolute Gasteiger partial charge is 0.291 e. The second-order valence-corrected chi connectivity index (χ2v) is 10.1. The van der Waals surface area contributed by atoms with E-state index in [0.717, 1.165) is 63.7 Å². The summed E-state index contributed by atoms with van der Waals surface area (Å²) in [6.07, 6.45) is 2.16. The van der Waals surface area contributed by atoms with Crippen LogP contribution in [0.25, 0.3) is 0 Å². The number of pyridine rings is 1. The van der Waals surface area contributed by atoms with Gasteiger partial charge in [-0.15, -0.1) is 0 Å². The molecule has 0 bridgehead atoms. The monoisotopic (exact) mass is 511 g/mol. The normalized spacial score (nSPS) is 19.8. The molecule has 3 N–H and O–H groups in total. The van der Waals surface area contributed by atoms with Crippen LogP contribution in [0.3, 0.4) is 0 Å². The lowest BCUT2D eigenvalue weighted by molar-refractivity contribution is -0.133. The number of nitrogens with one attached hydrogen (secondary N) is 1. The zero-order valence-electron chi connectivity index (χ0n) is 21.5. The quantitative estimate of drug-likeness (QED) is 0.597. The molecule has 0 saturated carbocycles. The van der Waals surface area contributed by atoms with E-state index in [1.54, 1.807) is 12.1 Å². The lowest BCUT2D eigenvalue weighted by Gasteiger charge is -2.38. The zero-order chi connectivity index (χ0) is 25.8. The molecule has 3 aliphatic rings. The van der Waals surface area contributed by atoms with Gasteiger partial charge in [0, 0.05) is 58.4 Å². The molecule has 5 heterocycles. The molecule has 0 aromatic carbocycles. The molecule has 5 rings (SSSR count).